The summed E-state index contributed by atoms with van der Waals surface area (Å²) in [4.78, 5) is 15.5. The second-order valence-corrected chi connectivity index (χ2v) is 40.9. The van der Waals surface area contributed by atoms with Crippen molar-refractivity contribution in [2.24, 2.45) is 0 Å². The van der Waals surface area contributed by atoms with Crippen LogP contribution in [0.2, 0.25) is 35.7 Å². The van der Waals surface area contributed by atoms with E-state index in [1.165, 1.54) is 82.6 Å². The number of rotatable bonds is 25. The van der Waals surface area contributed by atoms with Crippen LogP contribution in [0.4, 0.5) is 29.4 Å². The molecule has 3 heterocycles. The number of aromatic nitrogens is 9. The number of halogens is 7. The predicted octanol–water partition coefficient (Wildman–Crippen LogP) is 18.1. The zero-order valence-electron chi connectivity index (χ0n) is 76.9. The molecule has 11 N–H and O–H groups in total. The van der Waals surface area contributed by atoms with Crippen LogP contribution in [-0.4, -0.2) is 131 Å². The normalized spacial score (nSPS) is 10.3. The molecule has 712 valence electrons. The summed E-state index contributed by atoms with van der Waals surface area (Å²) in [5, 5.41) is 67.4. The standard InChI is InChI=1S/4C18H15P.C13H16Cl2N6.C7H13ClN6.C6H5BCl2O2.C5H13N.C3H2Cl2N4.Pd/c4*1-4-10-16(11-5-1)19(17-12-6-2-7-13-17)18-14-8-3-9-15-18;1-17-6-7-21(2)13-18-12(16)11(19-20-13)8-4-3-5-9(14)10(8)15;1-10-3-4-14(2)7-11-6(9)5(8)12-13-7;8-5-3-1-2-4(6(5)9)7(10)11;1-3-4-5-6-2;4-1-2(6)7-3(5)9-8-1;/h4*1-15H;3-5,17H,6-7H2,1-2H3,(H2,16,18,20);10H,3-4H2,1-2H3,(H2,9,11,13);1-3,10-11H;6H,3-5H2,1-2H3;(H2,6,7,9);. The Morgan fingerprint density at radius 1 is 0.297 bits per heavy atom. The number of benzene rings is 14. The predicted molar refractivity (Wildman–Crippen MR) is 593 cm³/mol. The third-order valence-corrected chi connectivity index (χ3v) is 31.6. The summed E-state index contributed by atoms with van der Waals surface area (Å²) < 4.78 is 0. The fraction of sp³-hybridized carbons (Fsp3) is 0.123. The SMILES string of the molecule is CCCCNC.CNCCN(C)c1nnc(-c2cccc(Cl)c2Cl)c(N)n1.CNCCN(C)c1nnc(Cl)c(N)n1.Nc1nc(Cl)nnc1Cl.OB(O)c1cccc(Cl)c1Cl.[Pd].c1ccc(P(c2ccccc2)c2ccccc2)cc1.c1ccc(P(c2ccccc2)c2ccccc2)cc1.c1ccc(P(c2ccccc2)c2ccccc2)cc1.c1ccc(P(c2ccccc2)c2ccccc2)cc1. The Hall–Kier alpha value is -10.6. The first kappa shape index (κ1) is 113. The molecule has 0 aliphatic carbocycles. The van der Waals surface area contributed by atoms with Crippen LogP contribution < -0.4 is 112 Å². The Labute approximate surface area is 865 Å². The third kappa shape index (κ3) is 37.5. The van der Waals surface area contributed by atoms with Gasteiger partial charge in [-0.05, 0) is 153 Å². The first-order chi connectivity index (χ1) is 66.7. The molecule has 0 saturated carbocycles. The van der Waals surface area contributed by atoms with Crippen molar-refractivity contribution in [2.45, 2.75) is 19.8 Å². The van der Waals surface area contributed by atoms with Crippen molar-refractivity contribution >= 4 is 218 Å². The minimum Gasteiger partial charge on any atom is -0.423 e. The molecule has 0 aliphatic heterocycles. The topological polar surface area (TPSA) is 277 Å². The quantitative estimate of drug-likeness (QED) is 0.0150. The van der Waals surface area contributed by atoms with E-state index in [1.54, 1.807) is 30.3 Å². The molecule has 0 unspecified atom stereocenters. The summed E-state index contributed by atoms with van der Waals surface area (Å²) in [6.45, 7) is 6.52. The Kier molecular flexibility index (Phi) is 52.1. The van der Waals surface area contributed by atoms with Gasteiger partial charge < -0.3 is 53.0 Å². The van der Waals surface area contributed by atoms with E-state index in [0.717, 1.165) is 32.7 Å². The first-order valence-electron chi connectivity index (χ1n) is 43.6. The molecule has 0 saturated heterocycles. The number of nitrogens with zero attached hydrogens (tertiary/aromatic N) is 11. The summed E-state index contributed by atoms with van der Waals surface area (Å²) >= 11 is 39.7. The van der Waals surface area contributed by atoms with E-state index in [0.29, 0.717) is 38.2 Å². The van der Waals surface area contributed by atoms with Crippen LogP contribution in [0, 0.1) is 0 Å². The van der Waals surface area contributed by atoms with E-state index in [2.05, 4.69) is 432 Å². The van der Waals surface area contributed by atoms with Crippen LogP contribution >= 0.6 is 113 Å². The second kappa shape index (κ2) is 63.9. The molecule has 0 radical (unpaired) electrons. The largest absolute Gasteiger partial charge is 0.490 e. The Morgan fingerprint density at radius 3 is 0.768 bits per heavy atom. The van der Waals surface area contributed by atoms with Gasteiger partial charge in [-0.15, -0.1) is 30.6 Å². The molecule has 0 fully saturated rings. The molecule has 0 amide bonds. The van der Waals surface area contributed by atoms with Crippen molar-refractivity contribution in [2.75, 3.05) is 95.0 Å². The van der Waals surface area contributed by atoms with Crippen molar-refractivity contribution in [1.29, 1.82) is 0 Å². The summed E-state index contributed by atoms with van der Waals surface area (Å²) in [6.07, 6.45) is 2.59. The van der Waals surface area contributed by atoms with Crippen molar-refractivity contribution in [3.8, 4) is 11.3 Å². The fourth-order valence-corrected chi connectivity index (χ4v) is 23.0. The maximum Gasteiger partial charge on any atom is 0.490 e. The summed E-state index contributed by atoms with van der Waals surface area (Å²) in [7, 11) is 6.13. The number of likely N-dealkylation sites (N-methyl/N-ethyl adjacent to an activating group) is 4. The van der Waals surface area contributed by atoms with Crippen LogP contribution in [0.15, 0.2) is 400 Å². The number of hydrogen-bond donors (Lipinski definition) is 8. The smallest absolute Gasteiger partial charge is 0.423 e. The van der Waals surface area contributed by atoms with Crippen LogP contribution in [0.3, 0.4) is 0 Å². The molecular weight excluding hydrogens is 2030 g/mol. The van der Waals surface area contributed by atoms with Crippen LogP contribution in [0.1, 0.15) is 19.8 Å². The first-order valence-corrected chi connectivity index (χ1v) is 51.6. The summed E-state index contributed by atoms with van der Waals surface area (Å²) in [5.74, 6) is 1.50. The molecule has 0 bridgehead atoms. The molecule has 3 aromatic heterocycles. The monoisotopic (exact) mass is 2140 g/mol. The van der Waals surface area contributed by atoms with Gasteiger partial charge in [-0.2, -0.15) is 15.0 Å². The van der Waals surface area contributed by atoms with E-state index in [9.17, 15) is 0 Å². The molecule has 0 spiro atoms. The van der Waals surface area contributed by atoms with Crippen LogP contribution in [-0.2, 0) is 20.4 Å². The molecule has 17 rings (SSSR count). The van der Waals surface area contributed by atoms with E-state index in [4.69, 9.17) is 108 Å². The zero-order valence-corrected chi connectivity index (χ0v) is 87.4. The van der Waals surface area contributed by atoms with Gasteiger partial charge in [0.2, 0.25) is 17.2 Å². The molecule has 14 aromatic carbocycles. The molecule has 0 atom stereocenters. The van der Waals surface area contributed by atoms with Gasteiger partial charge in [0.15, 0.2) is 27.8 Å². The van der Waals surface area contributed by atoms with Crippen LogP contribution in [0.25, 0.3) is 11.3 Å². The molecule has 32 heteroatoms. The molecule has 19 nitrogen and oxygen atoms in total. The maximum absolute atomic E-state index is 8.74. The van der Waals surface area contributed by atoms with Crippen molar-refractivity contribution < 1.29 is 30.5 Å². The second-order valence-electron chi connectivity index (χ2n) is 29.4. The fourth-order valence-electron chi connectivity index (χ4n) is 12.7. The number of nitrogen functional groups attached to an aromatic ring is 3. The van der Waals surface area contributed by atoms with E-state index >= 15 is 0 Å². The van der Waals surface area contributed by atoms with Gasteiger partial charge in [-0.25, -0.2) is 0 Å². The Morgan fingerprint density at radius 2 is 0.543 bits per heavy atom. The number of nitrogens with two attached hydrogens (primary N) is 3. The Bertz CT molecular complexity index is 5390. The van der Waals surface area contributed by atoms with E-state index < -0.39 is 38.8 Å². The van der Waals surface area contributed by atoms with Crippen molar-refractivity contribution in [3.05, 3.63) is 436 Å². The number of anilines is 5. The van der Waals surface area contributed by atoms with Gasteiger partial charge in [-0.1, -0.05) is 471 Å². The minimum absolute atomic E-state index is 0. The average Bonchev–Trinajstić information content (AvgIpc) is 0.829. The van der Waals surface area contributed by atoms with Crippen molar-refractivity contribution in [1.82, 2.24) is 61.5 Å². The molecular formula is C106H109BCl7N17O2P4Pd. The average molecular weight is 2140 g/mol. The van der Waals surface area contributed by atoms with Gasteiger partial charge in [-0.3, -0.25) is 0 Å². The van der Waals surface area contributed by atoms with Gasteiger partial charge in [0.1, 0.15) is 5.69 Å². The maximum atomic E-state index is 8.74. The van der Waals surface area contributed by atoms with Gasteiger partial charge in [0.05, 0.1) is 20.1 Å². The van der Waals surface area contributed by atoms with Gasteiger partial charge in [0.25, 0.3) is 0 Å². The summed E-state index contributed by atoms with van der Waals surface area (Å²) in [5.41, 5.74) is 17.9. The molecule has 138 heavy (non-hydrogen) atoms. The number of unbranched alkanes of at least 4 members (excludes halogenated alkanes) is 1. The number of hydrogen-bond acceptors (Lipinski definition) is 19. The third-order valence-electron chi connectivity index (χ3n) is 19.5. The zero-order chi connectivity index (χ0) is 97.7. The molecule has 17 aromatic rings. The molecule has 0 aliphatic rings. The minimum atomic E-state index is -1.57. The number of nitrogens with one attached hydrogen (secondary N) is 3. The van der Waals surface area contributed by atoms with Gasteiger partial charge in [0, 0.05) is 71.7 Å². The van der Waals surface area contributed by atoms with Crippen molar-refractivity contribution in [3.63, 3.8) is 0 Å². The summed E-state index contributed by atoms with van der Waals surface area (Å²) in [6, 6.07) is 139. The van der Waals surface area contributed by atoms with E-state index in [1.807, 2.05) is 45.0 Å². The van der Waals surface area contributed by atoms with E-state index in [-0.39, 0.29) is 64.0 Å². The van der Waals surface area contributed by atoms with Crippen LogP contribution in [0.5, 0.6) is 0 Å². The van der Waals surface area contributed by atoms with Gasteiger partial charge >= 0.3 is 7.12 Å². The Balaban J connectivity index is 0.000000194.